The molecule has 6 nitrogen and oxygen atoms in total. The van der Waals surface area contributed by atoms with Gasteiger partial charge in [-0.1, -0.05) is 12.1 Å². The van der Waals surface area contributed by atoms with Crippen molar-refractivity contribution in [2.45, 2.75) is 18.3 Å². The molecule has 0 spiro atoms. The highest BCUT2D eigenvalue weighted by Gasteiger charge is 2.40. The average Bonchev–Trinajstić information content (AvgIpc) is 3.41. The Kier molecular flexibility index (Phi) is 5.79. The summed E-state index contributed by atoms with van der Waals surface area (Å²) in [7, 11) is 0. The molecule has 0 bridgehead atoms. The molecule has 178 valence electrons. The van der Waals surface area contributed by atoms with Crippen LogP contribution in [0.2, 0.25) is 0 Å². The number of anilines is 1. The van der Waals surface area contributed by atoms with Crippen LogP contribution in [-0.2, 0) is 12.4 Å². The fourth-order valence-corrected chi connectivity index (χ4v) is 3.24. The van der Waals surface area contributed by atoms with Gasteiger partial charge in [0.2, 0.25) is 0 Å². The molecule has 1 atom stereocenters. The number of carbonyl (C=O) groups excluding carboxylic acids is 1. The van der Waals surface area contributed by atoms with Crippen molar-refractivity contribution in [3.05, 3.63) is 83.3 Å². The predicted octanol–water partition coefficient (Wildman–Crippen LogP) is 5.89. The van der Waals surface area contributed by atoms with Crippen molar-refractivity contribution < 1.29 is 39.9 Å². The van der Waals surface area contributed by atoms with E-state index in [1.54, 1.807) is 0 Å². The molecule has 0 aliphatic carbocycles. The molecule has 1 N–H and O–H groups in total. The summed E-state index contributed by atoms with van der Waals surface area (Å²) in [4.78, 5) is 15.9. The van der Waals surface area contributed by atoms with E-state index >= 15 is 0 Å². The smallest absolute Gasteiger partial charge is 0.437 e. The molecule has 13 heteroatoms. The van der Waals surface area contributed by atoms with Crippen LogP contribution in [0.4, 0.5) is 41.2 Å². The van der Waals surface area contributed by atoms with Crippen molar-refractivity contribution in [2.24, 2.45) is 5.10 Å². The zero-order chi connectivity index (χ0) is 24.7. The molecule has 1 aliphatic heterocycles. The number of hydrazone groups is 1. The largest absolute Gasteiger partial charge is 0.468 e. The lowest BCUT2D eigenvalue weighted by Crippen LogP contribution is -2.30. The van der Waals surface area contributed by atoms with Crippen molar-refractivity contribution in [3.63, 3.8) is 0 Å². The van der Waals surface area contributed by atoms with Gasteiger partial charge in [-0.15, -0.1) is 0 Å². The first-order valence-electron chi connectivity index (χ1n) is 9.55. The number of amides is 2. The second kappa shape index (κ2) is 8.47. The molecule has 0 fully saturated rings. The summed E-state index contributed by atoms with van der Waals surface area (Å²) in [5, 5.41) is 7.39. The van der Waals surface area contributed by atoms with E-state index in [1.807, 2.05) is 0 Å². The topological polar surface area (TPSA) is 70.7 Å². The number of hydrogen-bond donors (Lipinski definition) is 1. The van der Waals surface area contributed by atoms with Crippen molar-refractivity contribution in [2.75, 3.05) is 11.9 Å². The van der Waals surface area contributed by atoms with E-state index in [4.69, 9.17) is 4.42 Å². The lowest BCUT2D eigenvalue weighted by molar-refractivity contribution is -0.157. The molecule has 1 unspecified atom stereocenters. The number of urea groups is 1. The summed E-state index contributed by atoms with van der Waals surface area (Å²) in [5.41, 5.74) is -0.429. The first-order valence-corrected chi connectivity index (χ1v) is 9.55. The molecule has 1 aliphatic rings. The third-order valence-corrected chi connectivity index (χ3v) is 4.86. The van der Waals surface area contributed by atoms with Crippen molar-refractivity contribution >= 4 is 17.4 Å². The van der Waals surface area contributed by atoms with Gasteiger partial charge >= 0.3 is 24.3 Å². The predicted molar refractivity (Wildman–Crippen MR) is 104 cm³/mol. The molecular formula is C21H13F7N4O2. The van der Waals surface area contributed by atoms with Gasteiger partial charge in [0.05, 0.1) is 29.9 Å². The second-order valence-electron chi connectivity index (χ2n) is 7.20. The summed E-state index contributed by atoms with van der Waals surface area (Å²) in [6.07, 6.45) is -8.51. The highest BCUT2D eigenvalue weighted by Crippen LogP contribution is 2.34. The van der Waals surface area contributed by atoms with Crippen molar-refractivity contribution in [1.82, 2.24) is 9.99 Å². The first kappa shape index (κ1) is 23.3. The fourth-order valence-electron chi connectivity index (χ4n) is 3.24. The number of halogens is 7. The number of hydrogen-bond acceptors (Lipinski definition) is 4. The highest BCUT2D eigenvalue weighted by molar-refractivity contribution is 6.07. The zero-order valence-electron chi connectivity index (χ0n) is 16.8. The van der Waals surface area contributed by atoms with Gasteiger partial charge in [0.25, 0.3) is 0 Å². The normalized spacial score (nSPS) is 16.5. The van der Waals surface area contributed by atoms with Crippen LogP contribution in [0, 0.1) is 5.82 Å². The molecule has 0 saturated carbocycles. The Morgan fingerprint density at radius 3 is 2.18 bits per heavy atom. The van der Waals surface area contributed by atoms with Gasteiger partial charge in [-0.3, -0.25) is 0 Å². The van der Waals surface area contributed by atoms with Crippen LogP contribution in [0.25, 0.3) is 0 Å². The van der Waals surface area contributed by atoms with Gasteiger partial charge in [0.15, 0.2) is 0 Å². The van der Waals surface area contributed by atoms with E-state index < -0.39 is 41.6 Å². The number of nitrogens with one attached hydrogen (secondary N) is 1. The van der Waals surface area contributed by atoms with Gasteiger partial charge in [0.1, 0.15) is 11.6 Å². The Hall–Kier alpha value is -3.90. The van der Waals surface area contributed by atoms with Crippen LogP contribution in [0.15, 0.2) is 64.2 Å². The summed E-state index contributed by atoms with van der Waals surface area (Å²) in [6, 6.07) is 7.70. The first-order chi connectivity index (χ1) is 15.9. The van der Waals surface area contributed by atoms with E-state index in [9.17, 15) is 35.5 Å². The number of oxazole rings is 1. The van der Waals surface area contributed by atoms with Crippen LogP contribution >= 0.6 is 0 Å². The Morgan fingerprint density at radius 1 is 0.971 bits per heavy atom. The number of benzene rings is 2. The van der Waals surface area contributed by atoms with Crippen LogP contribution in [0.3, 0.4) is 0 Å². The lowest BCUT2D eigenvalue weighted by Gasteiger charge is -2.15. The van der Waals surface area contributed by atoms with Gasteiger partial charge in [-0.25, -0.2) is 19.2 Å². The summed E-state index contributed by atoms with van der Waals surface area (Å²) < 4.78 is 95.1. The van der Waals surface area contributed by atoms with Crippen molar-refractivity contribution in [1.29, 1.82) is 0 Å². The molecule has 2 heterocycles. The molecule has 4 rings (SSSR count). The van der Waals surface area contributed by atoms with Gasteiger partial charge in [-0.05, 0) is 42.0 Å². The Bertz CT molecular complexity index is 1220. The number of alkyl halides is 6. The minimum Gasteiger partial charge on any atom is -0.437 e. The number of nitrogens with zero attached hydrogens (tertiary/aromatic N) is 3. The molecule has 0 radical (unpaired) electrons. The molecule has 2 aromatic carbocycles. The number of rotatable bonds is 3. The van der Waals surface area contributed by atoms with Crippen molar-refractivity contribution in [3.8, 4) is 0 Å². The Balaban J connectivity index is 1.60. The third kappa shape index (κ3) is 4.87. The highest BCUT2D eigenvalue weighted by atomic mass is 19.4. The maximum absolute atomic E-state index is 13.3. The minimum absolute atomic E-state index is 0.0407. The van der Waals surface area contributed by atoms with E-state index in [2.05, 4.69) is 15.4 Å². The third-order valence-electron chi connectivity index (χ3n) is 4.86. The molecule has 2 amide bonds. The summed E-state index contributed by atoms with van der Waals surface area (Å²) in [6.45, 7) is -0.258. The monoisotopic (exact) mass is 486 g/mol. The Labute approximate surface area is 186 Å². The fraction of sp³-hybridized carbons (Fsp3) is 0.190. The number of carbonyl (C=O) groups is 1. The quantitative estimate of drug-likeness (QED) is 0.470. The minimum atomic E-state index is -4.83. The van der Waals surface area contributed by atoms with Gasteiger partial charge in [0, 0.05) is 5.69 Å². The van der Waals surface area contributed by atoms with Crippen LogP contribution in [0.1, 0.15) is 28.7 Å². The lowest BCUT2D eigenvalue weighted by atomic mass is 9.95. The van der Waals surface area contributed by atoms with Crippen LogP contribution in [-0.4, -0.2) is 28.3 Å². The molecular weight excluding hydrogens is 473 g/mol. The molecule has 0 saturated heterocycles. The van der Waals surface area contributed by atoms with E-state index in [1.165, 1.54) is 12.1 Å². The van der Waals surface area contributed by atoms with Gasteiger partial charge in [-0.2, -0.15) is 31.4 Å². The second-order valence-corrected chi connectivity index (χ2v) is 7.20. The average molecular weight is 486 g/mol. The van der Waals surface area contributed by atoms with Gasteiger partial charge < -0.3 is 9.73 Å². The van der Waals surface area contributed by atoms with E-state index in [0.717, 1.165) is 47.6 Å². The summed E-state index contributed by atoms with van der Waals surface area (Å²) >= 11 is 0. The molecule has 34 heavy (non-hydrogen) atoms. The Morgan fingerprint density at radius 2 is 1.62 bits per heavy atom. The number of aromatic nitrogens is 1. The SMILES string of the molecule is O=C(Nc1ccc(C(F)(F)F)cc1)N1CC(c2cnc(C(F)(F)F)o2)C(c2ccc(F)cc2)=N1. The van der Waals surface area contributed by atoms with Crippen LogP contribution < -0.4 is 5.32 Å². The standard InChI is InChI=1S/C21H13F7N4O2/c22-13-5-1-11(2-6-13)17-15(16-9-29-18(34-16)21(26,27)28)10-32(31-17)19(33)30-14-7-3-12(4-8-14)20(23,24)25/h1-9,15H,10H2,(H,30,33). The van der Waals surface area contributed by atoms with Crippen LogP contribution in [0.5, 0.6) is 0 Å². The van der Waals surface area contributed by atoms with E-state index in [0.29, 0.717) is 5.56 Å². The molecule has 1 aromatic heterocycles. The molecule has 3 aromatic rings. The maximum atomic E-state index is 13.3. The maximum Gasteiger partial charge on any atom is 0.468 e. The zero-order valence-corrected chi connectivity index (χ0v) is 16.8. The summed E-state index contributed by atoms with van der Waals surface area (Å²) in [5.74, 6) is -3.23. The van der Waals surface area contributed by atoms with E-state index in [-0.39, 0.29) is 23.7 Å².